The Morgan fingerprint density at radius 3 is 1.81 bits per heavy atom. The third kappa shape index (κ3) is 5.81. The maximum absolute atomic E-state index is 13.8. The molecule has 0 N–H and O–H groups in total. The highest BCUT2D eigenvalue weighted by molar-refractivity contribution is 5.89. The number of hydrogen-bond acceptors (Lipinski definition) is 2. The summed E-state index contributed by atoms with van der Waals surface area (Å²) in [6.45, 7) is -0.846. The molecule has 2 rings (SSSR count). The molecule has 0 radical (unpaired) electrons. The highest BCUT2D eigenvalue weighted by Gasteiger charge is 2.87. The largest absolute Gasteiger partial charge is 0.455 e. The summed E-state index contributed by atoms with van der Waals surface area (Å²) in [4.78, 5) is 12.0. The number of halogens is 12. The molecule has 0 saturated heterocycles. The van der Waals surface area contributed by atoms with Crippen LogP contribution in [0.2, 0.25) is 0 Å². The van der Waals surface area contributed by atoms with E-state index in [0.29, 0.717) is 5.92 Å². The van der Waals surface area contributed by atoms with Crippen LogP contribution in [0.1, 0.15) is 67.3 Å². The highest BCUT2D eigenvalue weighted by Crippen LogP contribution is 2.58. The zero-order valence-electron chi connectivity index (χ0n) is 19.3. The van der Waals surface area contributed by atoms with Gasteiger partial charge in [-0.2, -0.15) is 43.9 Å². The van der Waals surface area contributed by atoms with Crippen molar-refractivity contribution in [3.05, 3.63) is 35.4 Å². The summed E-state index contributed by atoms with van der Waals surface area (Å²) in [5, 5.41) is 0. The lowest BCUT2D eigenvalue weighted by Gasteiger charge is -2.38. The molecule has 212 valence electrons. The van der Waals surface area contributed by atoms with Gasteiger partial charge in [0.05, 0.1) is 5.56 Å². The van der Waals surface area contributed by atoms with E-state index in [1.54, 1.807) is 0 Å². The van der Waals surface area contributed by atoms with E-state index < -0.39 is 54.2 Å². The lowest BCUT2D eigenvalue weighted by atomic mass is 9.77. The molecule has 0 amide bonds. The molecule has 1 saturated carbocycles. The van der Waals surface area contributed by atoms with Crippen LogP contribution in [-0.4, -0.2) is 48.6 Å². The minimum Gasteiger partial charge on any atom is -0.455 e. The van der Waals surface area contributed by atoms with Gasteiger partial charge in [0.1, 0.15) is 0 Å². The molecule has 0 bridgehead atoms. The Labute approximate surface area is 204 Å². The van der Waals surface area contributed by atoms with E-state index in [0.717, 1.165) is 56.2 Å². The predicted octanol–water partition coefficient (Wildman–Crippen LogP) is 8.36. The second-order valence-electron chi connectivity index (χ2n) is 9.06. The molecule has 1 aliphatic carbocycles. The van der Waals surface area contributed by atoms with Gasteiger partial charge >= 0.3 is 42.0 Å². The van der Waals surface area contributed by atoms with Crippen LogP contribution < -0.4 is 0 Å². The summed E-state index contributed by atoms with van der Waals surface area (Å²) in [5.41, 5.74) is 0.328. The van der Waals surface area contributed by atoms with Gasteiger partial charge in [0.15, 0.2) is 6.61 Å². The Hall–Kier alpha value is -2.15. The molecule has 0 atom stereocenters. The summed E-state index contributed by atoms with van der Waals surface area (Å²) in [6.07, 6.45) is 0.263. The van der Waals surface area contributed by atoms with Crippen LogP contribution >= 0.6 is 0 Å². The smallest absolute Gasteiger partial charge is 0.384 e. The molecule has 37 heavy (non-hydrogen) atoms. The summed E-state index contributed by atoms with van der Waals surface area (Å²) >= 11 is 0. The first-order valence-corrected chi connectivity index (χ1v) is 11.3. The van der Waals surface area contributed by atoms with Crippen LogP contribution in [0.5, 0.6) is 0 Å². The fourth-order valence-corrected chi connectivity index (χ4v) is 4.19. The molecule has 0 aliphatic heterocycles. The molecule has 0 heterocycles. The van der Waals surface area contributed by atoms with Crippen molar-refractivity contribution >= 4 is 5.97 Å². The first-order chi connectivity index (χ1) is 16.8. The van der Waals surface area contributed by atoms with Crippen molar-refractivity contribution in [1.29, 1.82) is 0 Å². The van der Waals surface area contributed by atoms with Gasteiger partial charge in [-0.15, -0.1) is 0 Å². The van der Waals surface area contributed by atoms with Crippen LogP contribution in [0.15, 0.2) is 24.3 Å². The Morgan fingerprint density at radius 1 is 0.838 bits per heavy atom. The number of hydrogen-bond donors (Lipinski definition) is 0. The SMILES string of the molecule is CCC[C@H]1CC[C@H](c2ccc(C(=O)OCC(F)(F)C(F)(F)C(F)(F)C(F)(F)C(F)(F)C(F)F)cc2)CC1. The van der Waals surface area contributed by atoms with E-state index in [4.69, 9.17) is 0 Å². The zero-order valence-corrected chi connectivity index (χ0v) is 19.3. The van der Waals surface area contributed by atoms with Gasteiger partial charge in [-0.3, -0.25) is 0 Å². The number of rotatable bonds is 11. The van der Waals surface area contributed by atoms with Gasteiger partial charge in [-0.25, -0.2) is 13.6 Å². The van der Waals surface area contributed by atoms with Gasteiger partial charge in [0, 0.05) is 0 Å². The average molecular weight is 560 g/mol. The molecule has 0 spiro atoms. The first-order valence-electron chi connectivity index (χ1n) is 11.3. The van der Waals surface area contributed by atoms with Crippen molar-refractivity contribution in [3.8, 4) is 0 Å². The maximum Gasteiger partial charge on any atom is 0.384 e. The Morgan fingerprint density at radius 2 is 1.35 bits per heavy atom. The van der Waals surface area contributed by atoms with Gasteiger partial charge in [0.25, 0.3) is 0 Å². The quantitative estimate of drug-likeness (QED) is 0.201. The van der Waals surface area contributed by atoms with Crippen molar-refractivity contribution < 1.29 is 62.2 Å². The molecular formula is C23H24F12O2. The number of benzene rings is 1. The summed E-state index contributed by atoms with van der Waals surface area (Å²) in [7, 11) is 0. The molecular weight excluding hydrogens is 536 g/mol. The third-order valence-corrected chi connectivity index (χ3v) is 6.49. The van der Waals surface area contributed by atoms with Crippen molar-refractivity contribution in [3.63, 3.8) is 0 Å². The van der Waals surface area contributed by atoms with Crippen LogP contribution in [0, 0.1) is 5.92 Å². The first kappa shape index (κ1) is 31.1. The summed E-state index contributed by atoms with van der Waals surface area (Å²) in [5.74, 6) is -37.0. The van der Waals surface area contributed by atoms with Crippen molar-refractivity contribution in [2.75, 3.05) is 6.61 Å². The Bertz CT molecular complexity index is 907. The normalized spacial score (nSPS) is 20.3. The van der Waals surface area contributed by atoms with Crippen LogP contribution in [0.25, 0.3) is 0 Å². The second kappa shape index (κ2) is 10.9. The Kier molecular flexibility index (Phi) is 9.17. The molecule has 0 unspecified atom stereocenters. The molecule has 1 fully saturated rings. The predicted molar refractivity (Wildman–Crippen MR) is 107 cm³/mol. The topological polar surface area (TPSA) is 26.3 Å². The third-order valence-electron chi connectivity index (χ3n) is 6.49. The van der Waals surface area contributed by atoms with Gasteiger partial charge in [0.2, 0.25) is 0 Å². The lowest BCUT2D eigenvalue weighted by molar-refractivity contribution is -0.414. The number of alkyl halides is 12. The van der Waals surface area contributed by atoms with Crippen molar-refractivity contribution in [2.24, 2.45) is 5.92 Å². The van der Waals surface area contributed by atoms with Gasteiger partial charge in [-0.05, 0) is 55.2 Å². The summed E-state index contributed by atoms with van der Waals surface area (Å²) in [6, 6.07) is 5.10. The van der Waals surface area contributed by atoms with E-state index in [-0.39, 0.29) is 5.92 Å². The van der Waals surface area contributed by atoms with Crippen LogP contribution in [-0.2, 0) is 4.74 Å². The number of ether oxygens (including phenoxy) is 1. The molecule has 14 heteroatoms. The molecule has 1 aromatic carbocycles. The van der Waals surface area contributed by atoms with Crippen molar-refractivity contribution in [1.82, 2.24) is 0 Å². The Balaban J connectivity index is 2.09. The molecule has 1 aromatic rings. The number of carbonyl (C=O) groups excluding carboxylic acids is 1. The minimum atomic E-state index is -7.66. The monoisotopic (exact) mass is 560 g/mol. The lowest BCUT2D eigenvalue weighted by Crippen LogP contribution is -2.69. The average Bonchev–Trinajstić information content (AvgIpc) is 2.82. The fraction of sp³-hybridized carbons (Fsp3) is 0.696. The van der Waals surface area contributed by atoms with E-state index in [2.05, 4.69) is 11.7 Å². The highest BCUT2D eigenvalue weighted by atomic mass is 19.4. The number of esters is 1. The second-order valence-corrected chi connectivity index (χ2v) is 9.06. The maximum atomic E-state index is 13.8. The molecule has 2 nitrogen and oxygen atoms in total. The van der Waals surface area contributed by atoms with Gasteiger partial charge < -0.3 is 4.74 Å². The van der Waals surface area contributed by atoms with E-state index >= 15 is 0 Å². The van der Waals surface area contributed by atoms with E-state index in [1.165, 1.54) is 12.1 Å². The van der Waals surface area contributed by atoms with Gasteiger partial charge in [-0.1, -0.05) is 31.9 Å². The fourth-order valence-electron chi connectivity index (χ4n) is 4.19. The van der Waals surface area contributed by atoms with Crippen LogP contribution in [0.4, 0.5) is 52.7 Å². The summed E-state index contributed by atoms with van der Waals surface area (Å²) < 4.78 is 162. The van der Waals surface area contributed by atoms with E-state index in [1.807, 2.05) is 0 Å². The minimum absolute atomic E-state index is 0.150. The van der Waals surface area contributed by atoms with E-state index in [9.17, 15) is 57.5 Å². The number of carbonyl (C=O) groups is 1. The van der Waals surface area contributed by atoms with Crippen molar-refractivity contribution in [2.45, 2.75) is 87.4 Å². The standard InChI is InChI=1S/C23H24F12O2/c1-2-3-13-4-6-14(7-5-13)15-8-10-16(11-9-15)17(36)37-12-19(26,27)21(30,31)23(34,35)22(32,33)20(28,29)18(24)25/h8-11,13-14,18H,2-7,12H2,1H3/t13-,14-. The molecule has 1 aliphatic rings. The van der Waals surface area contributed by atoms with Crippen LogP contribution in [0.3, 0.4) is 0 Å². The molecule has 0 aromatic heterocycles. The zero-order chi connectivity index (χ0) is 28.4.